The molecule has 122 valence electrons. The fraction of sp³-hybridized carbons (Fsp3) is 0.533. The van der Waals surface area contributed by atoms with Gasteiger partial charge in [-0.25, -0.2) is 0 Å². The number of likely N-dealkylation sites (tertiary alicyclic amines) is 1. The molecule has 0 spiro atoms. The van der Waals surface area contributed by atoms with Crippen LogP contribution in [0, 0.1) is 0 Å². The number of nitrogen functional groups attached to an aromatic ring is 1. The van der Waals surface area contributed by atoms with Crippen LogP contribution in [0.3, 0.4) is 0 Å². The molecule has 3 heterocycles. The number of halogens is 2. The Balaban J connectivity index is 0.000000882. The van der Waals surface area contributed by atoms with Crippen molar-refractivity contribution in [3.8, 4) is 0 Å². The van der Waals surface area contributed by atoms with Crippen molar-refractivity contribution in [2.75, 3.05) is 54.8 Å². The summed E-state index contributed by atoms with van der Waals surface area (Å²) in [5.41, 5.74) is 9.28. The third-order valence-corrected chi connectivity index (χ3v) is 4.48. The summed E-state index contributed by atoms with van der Waals surface area (Å²) in [5, 5.41) is 0. The smallest absolute Gasteiger partial charge is 0.206 e. The number of hydrogen-bond acceptors (Lipinski definition) is 5. The molecule has 1 fully saturated rings. The molecule has 4 rings (SSSR count). The minimum Gasteiger partial charge on any atom is -0.399 e. The molecule has 0 bridgehead atoms. The first-order valence-corrected chi connectivity index (χ1v) is 7.54. The van der Waals surface area contributed by atoms with E-state index in [1.54, 1.807) is 0 Å². The molecule has 1 aromatic carbocycles. The summed E-state index contributed by atoms with van der Waals surface area (Å²) in [5.74, 6) is 1.12. The van der Waals surface area contributed by atoms with Gasteiger partial charge in [-0.05, 0) is 44.1 Å². The number of nitrogens with zero attached hydrogens (tertiary/aromatic N) is 4. The first kappa shape index (κ1) is 17.2. The third-order valence-electron chi connectivity index (χ3n) is 4.48. The van der Waals surface area contributed by atoms with Gasteiger partial charge in [0.2, 0.25) is 5.96 Å². The number of benzene rings is 1. The quantitative estimate of drug-likeness (QED) is 0.854. The second-order valence-corrected chi connectivity index (χ2v) is 5.78. The average Bonchev–Trinajstić information content (AvgIpc) is 3.13. The van der Waals surface area contributed by atoms with E-state index < -0.39 is 0 Å². The van der Waals surface area contributed by atoms with Crippen molar-refractivity contribution in [3.05, 3.63) is 18.2 Å². The SMILES string of the molecule is Cl.Cl.Nc1ccc2c(c1)N(CCN1CCCC1)C1=NCCN12. The van der Waals surface area contributed by atoms with Gasteiger partial charge in [0.05, 0.1) is 17.9 Å². The molecule has 1 saturated heterocycles. The Kier molecular flexibility index (Phi) is 5.42. The zero-order valence-corrected chi connectivity index (χ0v) is 14.2. The molecule has 5 nitrogen and oxygen atoms in total. The van der Waals surface area contributed by atoms with E-state index in [0.717, 1.165) is 37.8 Å². The molecule has 7 heteroatoms. The Hall–Kier alpha value is -1.17. The monoisotopic (exact) mass is 343 g/mol. The molecular weight excluding hydrogens is 321 g/mol. The molecular formula is C15H23Cl2N5. The van der Waals surface area contributed by atoms with Crippen LogP contribution < -0.4 is 15.5 Å². The van der Waals surface area contributed by atoms with Gasteiger partial charge in [-0.3, -0.25) is 4.99 Å². The normalized spacial score (nSPS) is 19.4. The lowest BCUT2D eigenvalue weighted by Gasteiger charge is -2.23. The van der Waals surface area contributed by atoms with E-state index in [-0.39, 0.29) is 24.8 Å². The van der Waals surface area contributed by atoms with Gasteiger partial charge < -0.3 is 20.4 Å². The largest absolute Gasteiger partial charge is 0.399 e. The molecule has 0 radical (unpaired) electrons. The van der Waals surface area contributed by atoms with E-state index in [0.29, 0.717) is 0 Å². The molecule has 0 aliphatic carbocycles. The lowest BCUT2D eigenvalue weighted by Crippen LogP contribution is -2.40. The summed E-state index contributed by atoms with van der Waals surface area (Å²) >= 11 is 0. The van der Waals surface area contributed by atoms with Crippen LogP contribution in [0.15, 0.2) is 23.2 Å². The maximum Gasteiger partial charge on any atom is 0.206 e. The minimum atomic E-state index is 0. The summed E-state index contributed by atoms with van der Waals surface area (Å²) in [7, 11) is 0. The van der Waals surface area contributed by atoms with Crippen LogP contribution in [0.1, 0.15) is 12.8 Å². The number of fused-ring (bicyclic) bond motifs is 3. The number of anilines is 3. The van der Waals surface area contributed by atoms with Gasteiger partial charge in [0, 0.05) is 25.3 Å². The second kappa shape index (κ2) is 6.94. The Labute approximate surface area is 144 Å². The Morgan fingerprint density at radius 3 is 2.55 bits per heavy atom. The highest BCUT2D eigenvalue weighted by Crippen LogP contribution is 2.39. The molecule has 0 atom stereocenters. The molecule has 0 amide bonds. The van der Waals surface area contributed by atoms with Gasteiger partial charge in [-0.1, -0.05) is 0 Å². The summed E-state index contributed by atoms with van der Waals surface area (Å²) in [4.78, 5) is 11.9. The molecule has 22 heavy (non-hydrogen) atoms. The Bertz CT molecular complexity index is 557. The summed E-state index contributed by atoms with van der Waals surface area (Å²) in [6, 6.07) is 6.19. The van der Waals surface area contributed by atoms with E-state index in [4.69, 9.17) is 5.73 Å². The highest BCUT2D eigenvalue weighted by molar-refractivity contribution is 6.17. The lowest BCUT2D eigenvalue weighted by atomic mass is 10.2. The number of rotatable bonds is 3. The van der Waals surface area contributed by atoms with E-state index in [1.165, 1.54) is 37.3 Å². The fourth-order valence-electron chi connectivity index (χ4n) is 3.46. The number of guanidine groups is 1. The van der Waals surface area contributed by atoms with E-state index >= 15 is 0 Å². The number of hydrogen-bond donors (Lipinski definition) is 1. The van der Waals surface area contributed by atoms with Gasteiger partial charge in [-0.15, -0.1) is 24.8 Å². The van der Waals surface area contributed by atoms with Crippen molar-refractivity contribution in [1.82, 2.24) is 4.90 Å². The molecule has 0 saturated carbocycles. The predicted molar refractivity (Wildman–Crippen MR) is 98.0 cm³/mol. The van der Waals surface area contributed by atoms with Gasteiger partial charge in [0.15, 0.2) is 0 Å². The summed E-state index contributed by atoms with van der Waals surface area (Å²) in [6.45, 7) is 6.50. The maximum absolute atomic E-state index is 5.97. The minimum absolute atomic E-state index is 0. The number of nitrogens with two attached hydrogens (primary N) is 1. The van der Waals surface area contributed by atoms with Gasteiger partial charge in [0.1, 0.15) is 0 Å². The van der Waals surface area contributed by atoms with Crippen LogP contribution in [-0.2, 0) is 0 Å². The van der Waals surface area contributed by atoms with Crippen LogP contribution in [0.25, 0.3) is 0 Å². The van der Waals surface area contributed by atoms with Gasteiger partial charge >= 0.3 is 0 Å². The zero-order chi connectivity index (χ0) is 13.5. The van der Waals surface area contributed by atoms with Crippen molar-refractivity contribution in [2.45, 2.75) is 12.8 Å². The average molecular weight is 344 g/mol. The van der Waals surface area contributed by atoms with Crippen LogP contribution in [-0.4, -0.2) is 50.1 Å². The highest BCUT2D eigenvalue weighted by Gasteiger charge is 2.35. The summed E-state index contributed by atoms with van der Waals surface area (Å²) < 4.78 is 0. The standard InChI is InChI=1S/C15H21N5.2ClH/c16-12-3-4-13-14(11-12)20(15-17-5-8-19(13)15)10-9-18-6-1-2-7-18;;/h3-4,11H,1-2,5-10,16H2;2*1H. The Morgan fingerprint density at radius 1 is 1.00 bits per heavy atom. The third kappa shape index (κ3) is 2.85. The van der Waals surface area contributed by atoms with Crippen molar-refractivity contribution in [3.63, 3.8) is 0 Å². The molecule has 0 aromatic heterocycles. The number of aliphatic imine (C=N–C) groups is 1. The molecule has 3 aliphatic heterocycles. The Morgan fingerprint density at radius 2 is 1.77 bits per heavy atom. The van der Waals surface area contributed by atoms with Crippen molar-refractivity contribution in [1.29, 1.82) is 0 Å². The molecule has 1 aromatic rings. The van der Waals surface area contributed by atoms with Crippen LogP contribution in [0.5, 0.6) is 0 Å². The van der Waals surface area contributed by atoms with E-state index in [1.807, 2.05) is 6.07 Å². The van der Waals surface area contributed by atoms with Crippen LogP contribution in [0.4, 0.5) is 17.1 Å². The lowest BCUT2D eigenvalue weighted by molar-refractivity contribution is 0.349. The molecule has 2 N–H and O–H groups in total. The van der Waals surface area contributed by atoms with Crippen molar-refractivity contribution >= 4 is 47.8 Å². The first-order chi connectivity index (χ1) is 9.83. The van der Waals surface area contributed by atoms with E-state index in [9.17, 15) is 0 Å². The van der Waals surface area contributed by atoms with Crippen molar-refractivity contribution < 1.29 is 0 Å². The van der Waals surface area contributed by atoms with E-state index in [2.05, 4.69) is 31.8 Å². The first-order valence-electron chi connectivity index (χ1n) is 7.54. The highest BCUT2D eigenvalue weighted by atomic mass is 35.5. The predicted octanol–water partition coefficient (Wildman–Crippen LogP) is 2.20. The topological polar surface area (TPSA) is 48.1 Å². The molecule has 0 unspecified atom stereocenters. The zero-order valence-electron chi connectivity index (χ0n) is 12.6. The van der Waals surface area contributed by atoms with Crippen LogP contribution in [0.2, 0.25) is 0 Å². The molecule has 3 aliphatic rings. The van der Waals surface area contributed by atoms with Crippen molar-refractivity contribution in [2.24, 2.45) is 4.99 Å². The fourth-order valence-corrected chi connectivity index (χ4v) is 3.46. The van der Waals surface area contributed by atoms with Gasteiger partial charge in [-0.2, -0.15) is 0 Å². The van der Waals surface area contributed by atoms with Gasteiger partial charge in [0.25, 0.3) is 0 Å². The summed E-state index contributed by atoms with van der Waals surface area (Å²) in [6.07, 6.45) is 2.69. The maximum atomic E-state index is 5.97. The van der Waals surface area contributed by atoms with Crippen LogP contribution >= 0.6 is 24.8 Å². The second-order valence-electron chi connectivity index (χ2n) is 5.78.